The number of hydrogen-bond acceptors (Lipinski definition) is 6. The smallest absolute Gasteiger partial charge is 0.177 e. The molecular weight excluding hydrogens is 304 g/mol. The van der Waals surface area contributed by atoms with Crippen molar-refractivity contribution in [3.8, 4) is 5.75 Å². The molecule has 3 heterocycles. The summed E-state index contributed by atoms with van der Waals surface area (Å²) in [4.78, 5) is 4.65. The summed E-state index contributed by atoms with van der Waals surface area (Å²) < 4.78 is 7.00. The van der Waals surface area contributed by atoms with Gasteiger partial charge in [0.15, 0.2) is 5.65 Å². The third-order valence-electron chi connectivity index (χ3n) is 4.52. The lowest BCUT2D eigenvalue weighted by Crippen LogP contribution is -2.58. The monoisotopic (exact) mass is 324 g/mol. The van der Waals surface area contributed by atoms with E-state index >= 15 is 0 Å². The largest absolute Gasteiger partial charge is 0.497 e. The Hall–Kier alpha value is -2.67. The fourth-order valence-electron chi connectivity index (χ4n) is 3.00. The number of methoxy groups -OCH3 is 1. The maximum atomic E-state index is 5.29. The SMILES string of the molecule is COc1cccc(CN(C)C2CN(c3ccc4nncn4n3)C2)c1. The maximum absolute atomic E-state index is 5.29. The van der Waals surface area contributed by atoms with E-state index in [0.29, 0.717) is 6.04 Å². The zero-order valence-corrected chi connectivity index (χ0v) is 13.8. The van der Waals surface area contributed by atoms with Crippen LogP contribution in [0.1, 0.15) is 5.56 Å². The summed E-state index contributed by atoms with van der Waals surface area (Å²) in [5.74, 6) is 1.87. The minimum atomic E-state index is 0.523. The average Bonchev–Trinajstić information content (AvgIpc) is 3.01. The highest BCUT2D eigenvalue weighted by molar-refractivity contribution is 5.47. The highest BCUT2D eigenvalue weighted by Crippen LogP contribution is 2.23. The van der Waals surface area contributed by atoms with Gasteiger partial charge in [-0.05, 0) is 36.9 Å². The molecule has 0 unspecified atom stereocenters. The third kappa shape index (κ3) is 2.78. The minimum Gasteiger partial charge on any atom is -0.497 e. The van der Waals surface area contributed by atoms with Gasteiger partial charge in [-0.25, -0.2) is 0 Å². The predicted octanol–water partition coefficient (Wildman–Crippen LogP) is 1.45. The van der Waals surface area contributed by atoms with E-state index in [-0.39, 0.29) is 0 Å². The number of ether oxygens (including phenoxy) is 1. The Morgan fingerprint density at radius 1 is 1.25 bits per heavy atom. The fourth-order valence-corrected chi connectivity index (χ4v) is 3.00. The van der Waals surface area contributed by atoms with Gasteiger partial charge >= 0.3 is 0 Å². The fraction of sp³-hybridized carbons (Fsp3) is 0.353. The van der Waals surface area contributed by atoms with Gasteiger partial charge in [-0.15, -0.1) is 15.3 Å². The van der Waals surface area contributed by atoms with E-state index in [2.05, 4.69) is 44.3 Å². The third-order valence-corrected chi connectivity index (χ3v) is 4.52. The van der Waals surface area contributed by atoms with Gasteiger partial charge in [0.25, 0.3) is 0 Å². The topological polar surface area (TPSA) is 58.8 Å². The molecule has 1 fully saturated rings. The first kappa shape index (κ1) is 14.9. The molecule has 0 amide bonds. The summed E-state index contributed by atoms with van der Waals surface area (Å²) in [6.07, 6.45) is 1.63. The van der Waals surface area contributed by atoms with Crippen LogP contribution in [0.25, 0.3) is 5.65 Å². The number of aromatic nitrogens is 4. The van der Waals surface area contributed by atoms with Crippen LogP contribution in [-0.2, 0) is 6.54 Å². The van der Waals surface area contributed by atoms with Crippen molar-refractivity contribution in [1.29, 1.82) is 0 Å². The highest BCUT2D eigenvalue weighted by Gasteiger charge is 2.31. The van der Waals surface area contributed by atoms with Gasteiger partial charge in [-0.2, -0.15) is 4.52 Å². The van der Waals surface area contributed by atoms with Crippen LogP contribution in [0.15, 0.2) is 42.7 Å². The van der Waals surface area contributed by atoms with Crippen LogP contribution in [0.4, 0.5) is 5.82 Å². The quantitative estimate of drug-likeness (QED) is 0.708. The molecule has 1 aliphatic heterocycles. The minimum absolute atomic E-state index is 0.523. The van der Waals surface area contributed by atoms with E-state index in [1.165, 1.54) is 5.56 Å². The van der Waals surface area contributed by atoms with Crippen LogP contribution >= 0.6 is 0 Å². The predicted molar refractivity (Wildman–Crippen MR) is 91.2 cm³/mol. The van der Waals surface area contributed by atoms with Crippen molar-refractivity contribution in [2.45, 2.75) is 12.6 Å². The highest BCUT2D eigenvalue weighted by atomic mass is 16.5. The second-order valence-electron chi connectivity index (χ2n) is 6.15. The average molecular weight is 324 g/mol. The zero-order chi connectivity index (χ0) is 16.5. The summed E-state index contributed by atoms with van der Waals surface area (Å²) in [5.41, 5.74) is 2.03. The second kappa shape index (κ2) is 6.09. The van der Waals surface area contributed by atoms with Gasteiger partial charge in [-0.3, -0.25) is 4.90 Å². The Morgan fingerprint density at radius 2 is 2.12 bits per heavy atom. The lowest BCUT2D eigenvalue weighted by atomic mass is 10.1. The number of hydrogen-bond donors (Lipinski definition) is 0. The second-order valence-corrected chi connectivity index (χ2v) is 6.15. The molecule has 0 saturated carbocycles. The molecule has 4 rings (SSSR count). The summed E-state index contributed by atoms with van der Waals surface area (Å²) >= 11 is 0. The summed E-state index contributed by atoms with van der Waals surface area (Å²) in [5, 5.41) is 12.4. The Morgan fingerprint density at radius 3 is 2.96 bits per heavy atom. The first-order valence-electron chi connectivity index (χ1n) is 7.98. The van der Waals surface area contributed by atoms with Crippen molar-refractivity contribution >= 4 is 11.5 Å². The molecule has 24 heavy (non-hydrogen) atoms. The van der Waals surface area contributed by atoms with E-state index in [9.17, 15) is 0 Å². The molecule has 0 atom stereocenters. The Balaban J connectivity index is 1.37. The van der Waals surface area contributed by atoms with Crippen LogP contribution in [0, 0.1) is 0 Å². The molecule has 1 saturated heterocycles. The van der Waals surface area contributed by atoms with Gasteiger partial charge in [0.2, 0.25) is 0 Å². The van der Waals surface area contributed by atoms with Gasteiger partial charge < -0.3 is 9.64 Å². The van der Waals surface area contributed by atoms with Crippen molar-refractivity contribution < 1.29 is 4.74 Å². The molecule has 1 aromatic carbocycles. The van der Waals surface area contributed by atoms with E-state index in [1.807, 2.05) is 24.3 Å². The molecule has 3 aromatic rings. The molecule has 0 N–H and O–H groups in total. The number of benzene rings is 1. The number of likely N-dealkylation sites (N-methyl/N-ethyl adjacent to an activating group) is 1. The molecule has 0 spiro atoms. The van der Waals surface area contributed by atoms with Crippen molar-refractivity contribution in [2.24, 2.45) is 0 Å². The van der Waals surface area contributed by atoms with Crippen LogP contribution in [0.5, 0.6) is 5.75 Å². The lowest BCUT2D eigenvalue weighted by Gasteiger charge is -2.44. The Bertz CT molecular complexity index is 842. The van der Waals surface area contributed by atoms with Crippen LogP contribution in [-0.4, -0.2) is 58.0 Å². The normalized spacial score (nSPS) is 15.0. The zero-order valence-electron chi connectivity index (χ0n) is 13.8. The van der Waals surface area contributed by atoms with Gasteiger partial charge in [0.05, 0.1) is 7.11 Å². The van der Waals surface area contributed by atoms with Crippen LogP contribution < -0.4 is 9.64 Å². The van der Waals surface area contributed by atoms with Crippen molar-refractivity contribution in [1.82, 2.24) is 24.7 Å². The van der Waals surface area contributed by atoms with Crippen LogP contribution in [0.3, 0.4) is 0 Å². The van der Waals surface area contributed by atoms with Gasteiger partial charge in [-0.1, -0.05) is 12.1 Å². The summed E-state index contributed by atoms with van der Waals surface area (Å²) in [7, 11) is 3.87. The molecule has 7 heteroatoms. The number of fused-ring (bicyclic) bond motifs is 1. The standard InChI is InChI=1S/C17H20N6O/c1-21(9-13-4-3-5-15(8-13)24-2)14-10-22(11-14)17-7-6-16-19-18-12-23(16)20-17/h3-8,12,14H,9-11H2,1-2H3. The molecular formula is C17H20N6O. The van der Waals surface area contributed by atoms with E-state index in [1.54, 1.807) is 18.0 Å². The number of nitrogens with zero attached hydrogens (tertiary/aromatic N) is 6. The summed E-state index contributed by atoms with van der Waals surface area (Å²) in [6.45, 7) is 2.86. The van der Waals surface area contributed by atoms with Crippen molar-refractivity contribution in [3.05, 3.63) is 48.3 Å². The molecule has 0 aliphatic carbocycles. The van der Waals surface area contributed by atoms with Crippen molar-refractivity contribution in [3.63, 3.8) is 0 Å². The molecule has 7 nitrogen and oxygen atoms in total. The molecule has 0 bridgehead atoms. The van der Waals surface area contributed by atoms with Gasteiger partial charge in [0, 0.05) is 25.7 Å². The van der Waals surface area contributed by atoms with E-state index in [4.69, 9.17) is 4.74 Å². The maximum Gasteiger partial charge on any atom is 0.177 e. The van der Waals surface area contributed by atoms with Gasteiger partial charge in [0.1, 0.15) is 17.9 Å². The van der Waals surface area contributed by atoms with Crippen molar-refractivity contribution in [2.75, 3.05) is 32.1 Å². The van der Waals surface area contributed by atoms with E-state index < -0.39 is 0 Å². The number of anilines is 1. The van der Waals surface area contributed by atoms with Crippen LogP contribution in [0.2, 0.25) is 0 Å². The first-order valence-corrected chi connectivity index (χ1v) is 7.98. The molecule has 1 aliphatic rings. The first-order chi connectivity index (χ1) is 11.7. The Labute approximate surface area is 140 Å². The summed E-state index contributed by atoms with van der Waals surface area (Å²) in [6, 6.07) is 12.7. The molecule has 0 radical (unpaired) electrons. The Kier molecular flexibility index (Phi) is 3.78. The number of rotatable bonds is 5. The molecule has 2 aromatic heterocycles. The molecule has 124 valence electrons. The van der Waals surface area contributed by atoms with E-state index in [0.717, 1.165) is 36.8 Å². The lowest BCUT2D eigenvalue weighted by molar-refractivity contribution is 0.196.